The molecule has 0 aliphatic carbocycles. The Labute approximate surface area is 82.6 Å². The molecule has 3 heteroatoms. The van der Waals surface area contributed by atoms with E-state index in [9.17, 15) is 0 Å². The van der Waals surface area contributed by atoms with Crippen molar-refractivity contribution >= 4 is 11.6 Å². The average molecular weight is 196 g/mol. The van der Waals surface area contributed by atoms with Gasteiger partial charge in [-0.05, 0) is 18.2 Å². The van der Waals surface area contributed by atoms with Crippen molar-refractivity contribution in [3.63, 3.8) is 0 Å². The maximum atomic E-state index is 5.80. The summed E-state index contributed by atoms with van der Waals surface area (Å²) in [6.07, 6.45) is 0. The Hall–Kier alpha value is -1.17. The van der Waals surface area contributed by atoms with Gasteiger partial charge in [0.2, 0.25) is 0 Å². The molecule has 2 nitrogen and oxygen atoms in total. The van der Waals surface area contributed by atoms with E-state index >= 15 is 0 Å². The van der Waals surface area contributed by atoms with E-state index in [-0.39, 0.29) is 0 Å². The van der Waals surface area contributed by atoms with E-state index in [0.717, 1.165) is 5.56 Å². The maximum Gasteiger partial charge on any atom is 0.134 e. The third-order valence-electron chi connectivity index (χ3n) is 1.49. The van der Waals surface area contributed by atoms with Gasteiger partial charge in [0.15, 0.2) is 0 Å². The van der Waals surface area contributed by atoms with Crippen molar-refractivity contribution in [3.8, 4) is 17.6 Å². The maximum absolute atomic E-state index is 5.80. The predicted molar refractivity (Wildman–Crippen MR) is 53.9 cm³/mol. The molecule has 0 aromatic heterocycles. The molecule has 0 amide bonds. The Morgan fingerprint density at radius 2 is 2.31 bits per heavy atom. The number of hydrogen-bond donors (Lipinski definition) is 1. The van der Waals surface area contributed by atoms with Crippen LogP contribution in [-0.2, 0) is 0 Å². The second-order valence-corrected chi connectivity index (χ2v) is 2.79. The van der Waals surface area contributed by atoms with Gasteiger partial charge >= 0.3 is 0 Å². The molecule has 0 fully saturated rings. The summed E-state index contributed by atoms with van der Waals surface area (Å²) in [6, 6.07) is 5.29. The van der Waals surface area contributed by atoms with Crippen molar-refractivity contribution in [2.45, 2.75) is 0 Å². The molecule has 1 rings (SSSR count). The Morgan fingerprint density at radius 1 is 1.54 bits per heavy atom. The third kappa shape index (κ3) is 2.66. The van der Waals surface area contributed by atoms with Gasteiger partial charge in [-0.15, -0.1) is 0 Å². The normalized spacial score (nSPS) is 8.85. The highest BCUT2D eigenvalue weighted by molar-refractivity contribution is 6.30. The first-order valence-corrected chi connectivity index (χ1v) is 4.18. The van der Waals surface area contributed by atoms with Gasteiger partial charge in [-0.3, -0.25) is 0 Å². The van der Waals surface area contributed by atoms with Gasteiger partial charge in [0.1, 0.15) is 5.75 Å². The number of ether oxygens (including phenoxy) is 1. The largest absolute Gasteiger partial charge is 0.495 e. The lowest BCUT2D eigenvalue weighted by molar-refractivity contribution is 0.413. The van der Waals surface area contributed by atoms with Gasteiger partial charge in [0.05, 0.1) is 19.2 Å². The minimum atomic E-state index is 0.329. The van der Waals surface area contributed by atoms with E-state index in [1.165, 1.54) is 0 Å². The van der Waals surface area contributed by atoms with Crippen LogP contribution in [0, 0.1) is 11.8 Å². The van der Waals surface area contributed by atoms with Crippen molar-refractivity contribution in [1.82, 2.24) is 0 Å². The summed E-state index contributed by atoms with van der Waals surface area (Å²) in [5.41, 5.74) is 6.02. The van der Waals surface area contributed by atoms with Crippen molar-refractivity contribution in [2.75, 3.05) is 13.7 Å². The molecule has 68 valence electrons. The standard InChI is InChI=1S/C10H10ClNO/c1-13-10-5-4-9(11)7-8(10)3-2-6-12/h4-5,7H,6,12H2,1H3. The molecule has 0 atom stereocenters. The third-order valence-corrected chi connectivity index (χ3v) is 1.72. The zero-order chi connectivity index (χ0) is 9.68. The minimum absolute atomic E-state index is 0.329. The molecule has 0 spiro atoms. The van der Waals surface area contributed by atoms with E-state index in [1.807, 2.05) is 0 Å². The number of benzene rings is 1. The number of hydrogen-bond acceptors (Lipinski definition) is 2. The Kier molecular flexibility index (Phi) is 3.63. The molecule has 13 heavy (non-hydrogen) atoms. The van der Waals surface area contributed by atoms with Crippen LogP contribution in [-0.4, -0.2) is 13.7 Å². The highest BCUT2D eigenvalue weighted by Crippen LogP contribution is 2.21. The SMILES string of the molecule is COc1ccc(Cl)cc1C#CCN. The Balaban J connectivity index is 3.08. The average Bonchev–Trinajstić information content (AvgIpc) is 2.15. The molecule has 1 aromatic rings. The van der Waals surface area contributed by atoms with Crippen LogP contribution in [0.5, 0.6) is 5.75 Å². The molecule has 0 bridgehead atoms. The van der Waals surface area contributed by atoms with Crippen molar-refractivity contribution < 1.29 is 4.74 Å². The van der Waals surface area contributed by atoms with Crippen molar-refractivity contribution in [2.24, 2.45) is 5.73 Å². The minimum Gasteiger partial charge on any atom is -0.495 e. The molecule has 0 aliphatic rings. The first kappa shape index (κ1) is 9.91. The molecule has 2 N–H and O–H groups in total. The fraction of sp³-hybridized carbons (Fsp3) is 0.200. The first-order chi connectivity index (χ1) is 6.27. The number of rotatable bonds is 1. The lowest BCUT2D eigenvalue weighted by atomic mass is 10.2. The lowest BCUT2D eigenvalue weighted by Gasteiger charge is -2.02. The highest BCUT2D eigenvalue weighted by Gasteiger charge is 1.99. The van der Waals surface area contributed by atoms with Crippen LogP contribution in [0.2, 0.25) is 5.02 Å². The molecular weight excluding hydrogens is 186 g/mol. The monoisotopic (exact) mass is 195 g/mol. The molecular formula is C10H10ClNO. The van der Waals surface area contributed by atoms with Crippen LogP contribution in [0.4, 0.5) is 0 Å². The topological polar surface area (TPSA) is 35.2 Å². The van der Waals surface area contributed by atoms with E-state index in [4.69, 9.17) is 22.1 Å². The number of halogens is 1. The van der Waals surface area contributed by atoms with E-state index < -0.39 is 0 Å². The lowest BCUT2D eigenvalue weighted by Crippen LogP contribution is -1.94. The van der Waals surface area contributed by atoms with Crippen LogP contribution < -0.4 is 10.5 Å². The van der Waals surface area contributed by atoms with Crippen LogP contribution in [0.25, 0.3) is 0 Å². The fourth-order valence-corrected chi connectivity index (χ4v) is 1.10. The molecule has 1 aromatic carbocycles. The predicted octanol–water partition coefficient (Wildman–Crippen LogP) is 1.66. The molecule has 0 unspecified atom stereocenters. The van der Waals surface area contributed by atoms with Gasteiger partial charge in [0.25, 0.3) is 0 Å². The quantitative estimate of drug-likeness (QED) is 0.692. The van der Waals surface area contributed by atoms with Gasteiger partial charge in [0, 0.05) is 5.02 Å². The second kappa shape index (κ2) is 4.76. The van der Waals surface area contributed by atoms with Crippen LogP contribution in [0.1, 0.15) is 5.56 Å². The molecule has 0 saturated carbocycles. The summed E-state index contributed by atoms with van der Waals surface area (Å²) in [4.78, 5) is 0. The smallest absolute Gasteiger partial charge is 0.134 e. The van der Waals surface area contributed by atoms with E-state index in [0.29, 0.717) is 17.3 Å². The van der Waals surface area contributed by atoms with Gasteiger partial charge in [-0.2, -0.15) is 0 Å². The first-order valence-electron chi connectivity index (χ1n) is 3.80. The fourth-order valence-electron chi connectivity index (χ4n) is 0.924. The number of methoxy groups -OCH3 is 1. The van der Waals surface area contributed by atoms with Gasteiger partial charge in [-0.1, -0.05) is 23.4 Å². The van der Waals surface area contributed by atoms with E-state index in [1.54, 1.807) is 25.3 Å². The van der Waals surface area contributed by atoms with Crippen molar-refractivity contribution in [3.05, 3.63) is 28.8 Å². The second-order valence-electron chi connectivity index (χ2n) is 2.35. The summed E-state index contributed by atoms with van der Waals surface area (Å²) in [6.45, 7) is 0.329. The summed E-state index contributed by atoms with van der Waals surface area (Å²) in [5, 5.41) is 0.641. The molecule has 0 heterocycles. The molecule has 0 saturated heterocycles. The zero-order valence-electron chi connectivity index (χ0n) is 7.30. The van der Waals surface area contributed by atoms with E-state index in [2.05, 4.69) is 11.8 Å². The summed E-state index contributed by atoms with van der Waals surface area (Å²) in [7, 11) is 1.59. The number of nitrogens with two attached hydrogens (primary N) is 1. The molecule has 0 radical (unpaired) electrons. The Morgan fingerprint density at radius 3 is 2.92 bits per heavy atom. The van der Waals surface area contributed by atoms with Crippen molar-refractivity contribution in [1.29, 1.82) is 0 Å². The van der Waals surface area contributed by atoms with Crippen LogP contribution >= 0.6 is 11.6 Å². The van der Waals surface area contributed by atoms with Gasteiger partial charge < -0.3 is 10.5 Å². The highest BCUT2D eigenvalue weighted by atomic mass is 35.5. The Bertz CT molecular complexity index is 352. The molecule has 0 aliphatic heterocycles. The summed E-state index contributed by atoms with van der Waals surface area (Å²) in [5.74, 6) is 6.34. The van der Waals surface area contributed by atoms with Gasteiger partial charge in [-0.25, -0.2) is 0 Å². The summed E-state index contributed by atoms with van der Waals surface area (Å²) < 4.78 is 5.10. The summed E-state index contributed by atoms with van der Waals surface area (Å²) >= 11 is 5.80. The zero-order valence-corrected chi connectivity index (χ0v) is 8.06. The van der Waals surface area contributed by atoms with Crippen LogP contribution in [0.3, 0.4) is 0 Å². The van der Waals surface area contributed by atoms with Crippen LogP contribution in [0.15, 0.2) is 18.2 Å².